The van der Waals surface area contributed by atoms with Crippen molar-refractivity contribution < 1.29 is 4.74 Å². The predicted molar refractivity (Wildman–Crippen MR) is 105 cm³/mol. The molecule has 1 aromatic carbocycles. The third-order valence-corrected chi connectivity index (χ3v) is 4.01. The summed E-state index contributed by atoms with van der Waals surface area (Å²) in [4.78, 5) is 5.67. The zero-order chi connectivity index (χ0) is 14.9. The van der Waals surface area contributed by atoms with Gasteiger partial charge in [0.1, 0.15) is 5.75 Å². The second kappa shape index (κ2) is 10.4. The molecular weight excluding hydrogens is 409 g/mol. The van der Waals surface area contributed by atoms with Crippen molar-refractivity contribution in [1.29, 1.82) is 0 Å². The van der Waals surface area contributed by atoms with Gasteiger partial charge in [-0.1, -0.05) is 18.2 Å². The Hall–Kier alpha value is -1.28. The van der Waals surface area contributed by atoms with Gasteiger partial charge in [0.2, 0.25) is 0 Å². The zero-order valence-electron chi connectivity index (χ0n) is 12.6. The summed E-state index contributed by atoms with van der Waals surface area (Å²) in [6.45, 7) is 1.49. The summed E-state index contributed by atoms with van der Waals surface area (Å²) >= 11 is 1.75. The van der Waals surface area contributed by atoms with Gasteiger partial charge >= 0.3 is 0 Å². The first-order valence-corrected chi connectivity index (χ1v) is 7.85. The molecule has 0 aliphatic heterocycles. The standard InChI is InChI=1S/C16H21N3OS.HI/c1-20-14-5-2-4-13(12-14)7-9-18-16(17)19-10-8-15-6-3-11-21-15;/h2-6,11-12H,7-10H2,1H3,(H3,17,18,19);1H. The van der Waals surface area contributed by atoms with E-state index in [-0.39, 0.29) is 24.0 Å². The van der Waals surface area contributed by atoms with Crippen LogP contribution in [0, 0.1) is 0 Å². The number of hydrogen-bond acceptors (Lipinski definition) is 3. The van der Waals surface area contributed by atoms with Crippen molar-refractivity contribution in [3.8, 4) is 5.75 Å². The molecule has 0 atom stereocenters. The molecule has 0 spiro atoms. The number of ether oxygens (including phenoxy) is 1. The van der Waals surface area contributed by atoms with Crippen LogP contribution in [0.5, 0.6) is 5.75 Å². The van der Waals surface area contributed by atoms with Crippen molar-refractivity contribution in [3.05, 3.63) is 52.2 Å². The van der Waals surface area contributed by atoms with Crippen molar-refractivity contribution in [2.75, 3.05) is 20.2 Å². The monoisotopic (exact) mass is 431 g/mol. The van der Waals surface area contributed by atoms with E-state index in [0.717, 1.165) is 31.7 Å². The fourth-order valence-electron chi connectivity index (χ4n) is 1.96. The molecule has 0 unspecified atom stereocenters. The number of benzene rings is 1. The Labute approximate surface area is 152 Å². The molecule has 22 heavy (non-hydrogen) atoms. The van der Waals surface area contributed by atoms with Crippen LogP contribution in [-0.4, -0.2) is 26.2 Å². The fourth-order valence-corrected chi connectivity index (χ4v) is 2.66. The van der Waals surface area contributed by atoms with Gasteiger partial charge in [-0.05, 0) is 35.6 Å². The summed E-state index contributed by atoms with van der Waals surface area (Å²) in [5.74, 6) is 1.39. The third-order valence-electron chi connectivity index (χ3n) is 3.07. The summed E-state index contributed by atoms with van der Waals surface area (Å²) in [6.07, 6.45) is 1.83. The smallest absolute Gasteiger partial charge is 0.188 e. The average Bonchev–Trinajstić information content (AvgIpc) is 3.01. The molecule has 2 aromatic rings. The van der Waals surface area contributed by atoms with E-state index in [9.17, 15) is 0 Å². The molecule has 0 radical (unpaired) electrons. The molecule has 0 amide bonds. The summed E-state index contributed by atoms with van der Waals surface area (Å²) < 4.78 is 5.20. The SMILES string of the molecule is COc1cccc(CCNC(N)=NCCc2cccs2)c1.I. The van der Waals surface area contributed by atoms with Crippen LogP contribution in [0.25, 0.3) is 0 Å². The van der Waals surface area contributed by atoms with Crippen LogP contribution in [0.2, 0.25) is 0 Å². The molecule has 2 rings (SSSR count). The molecular formula is C16H22IN3OS. The van der Waals surface area contributed by atoms with Crippen molar-refractivity contribution in [2.45, 2.75) is 12.8 Å². The van der Waals surface area contributed by atoms with E-state index in [1.165, 1.54) is 10.4 Å². The highest BCUT2D eigenvalue weighted by Gasteiger charge is 1.97. The van der Waals surface area contributed by atoms with Crippen LogP contribution in [0.3, 0.4) is 0 Å². The van der Waals surface area contributed by atoms with Crippen LogP contribution in [0.15, 0.2) is 46.8 Å². The number of aliphatic imine (C=N–C) groups is 1. The first-order chi connectivity index (χ1) is 10.3. The second-order valence-electron chi connectivity index (χ2n) is 4.62. The minimum Gasteiger partial charge on any atom is -0.497 e. The quantitative estimate of drug-likeness (QED) is 0.403. The van der Waals surface area contributed by atoms with Crippen LogP contribution in [-0.2, 0) is 12.8 Å². The Balaban J connectivity index is 0.00000242. The van der Waals surface area contributed by atoms with Gasteiger partial charge in [0, 0.05) is 24.4 Å². The third kappa shape index (κ3) is 6.65. The molecule has 6 heteroatoms. The van der Waals surface area contributed by atoms with E-state index in [2.05, 4.69) is 33.9 Å². The lowest BCUT2D eigenvalue weighted by molar-refractivity contribution is 0.414. The molecule has 1 aromatic heterocycles. The first kappa shape index (κ1) is 18.8. The molecule has 0 fully saturated rings. The van der Waals surface area contributed by atoms with Gasteiger partial charge in [0.25, 0.3) is 0 Å². The number of hydrogen-bond donors (Lipinski definition) is 2. The zero-order valence-corrected chi connectivity index (χ0v) is 15.8. The topological polar surface area (TPSA) is 59.6 Å². The highest BCUT2D eigenvalue weighted by atomic mass is 127. The van der Waals surface area contributed by atoms with E-state index in [0.29, 0.717) is 5.96 Å². The van der Waals surface area contributed by atoms with Gasteiger partial charge in [-0.15, -0.1) is 35.3 Å². The summed E-state index contributed by atoms with van der Waals surface area (Å²) in [5, 5.41) is 5.22. The lowest BCUT2D eigenvalue weighted by atomic mass is 10.1. The van der Waals surface area contributed by atoms with Crippen molar-refractivity contribution in [2.24, 2.45) is 10.7 Å². The molecule has 3 N–H and O–H groups in total. The van der Waals surface area contributed by atoms with E-state index in [4.69, 9.17) is 10.5 Å². The summed E-state index contributed by atoms with van der Waals surface area (Å²) in [5.41, 5.74) is 7.07. The van der Waals surface area contributed by atoms with Crippen molar-refractivity contribution >= 4 is 41.3 Å². The lowest BCUT2D eigenvalue weighted by Gasteiger charge is -2.07. The minimum atomic E-state index is 0. The van der Waals surface area contributed by atoms with Gasteiger partial charge in [0.05, 0.1) is 7.11 Å². The number of methoxy groups -OCH3 is 1. The number of guanidine groups is 1. The molecule has 4 nitrogen and oxygen atoms in total. The minimum absolute atomic E-state index is 0. The molecule has 0 saturated carbocycles. The van der Waals surface area contributed by atoms with Gasteiger partial charge < -0.3 is 15.8 Å². The Kier molecular flexibility index (Phi) is 8.91. The van der Waals surface area contributed by atoms with Gasteiger partial charge in [-0.2, -0.15) is 0 Å². The van der Waals surface area contributed by atoms with Crippen molar-refractivity contribution in [1.82, 2.24) is 5.32 Å². The van der Waals surface area contributed by atoms with Gasteiger partial charge in [0.15, 0.2) is 5.96 Å². The number of nitrogens with one attached hydrogen (secondary N) is 1. The maximum absolute atomic E-state index is 5.85. The molecule has 1 heterocycles. The number of halogens is 1. The Bertz CT molecular complexity index is 573. The maximum atomic E-state index is 5.85. The fraction of sp³-hybridized carbons (Fsp3) is 0.312. The second-order valence-corrected chi connectivity index (χ2v) is 5.66. The van der Waals surface area contributed by atoms with E-state index in [1.54, 1.807) is 18.4 Å². The first-order valence-electron chi connectivity index (χ1n) is 6.97. The maximum Gasteiger partial charge on any atom is 0.188 e. The highest BCUT2D eigenvalue weighted by Crippen LogP contribution is 2.12. The van der Waals surface area contributed by atoms with E-state index >= 15 is 0 Å². The van der Waals surface area contributed by atoms with Gasteiger partial charge in [-0.3, -0.25) is 4.99 Å². The number of nitrogens with two attached hydrogens (primary N) is 1. The molecule has 0 aliphatic rings. The summed E-state index contributed by atoms with van der Waals surface area (Å²) in [7, 11) is 1.68. The largest absolute Gasteiger partial charge is 0.497 e. The van der Waals surface area contributed by atoms with Crippen LogP contribution in [0.4, 0.5) is 0 Å². The lowest BCUT2D eigenvalue weighted by Crippen LogP contribution is -2.33. The van der Waals surface area contributed by atoms with E-state index in [1.807, 2.05) is 18.2 Å². The van der Waals surface area contributed by atoms with Gasteiger partial charge in [-0.25, -0.2) is 0 Å². The van der Waals surface area contributed by atoms with Crippen molar-refractivity contribution in [3.63, 3.8) is 0 Å². The van der Waals surface area contributed by atoms with Crippen LogP contribution >= 0.6 is 35.3 Å². The Morgan fingerprint density at radius 1 is 1.27 bits per heavy atom. The highest BCUT2D eigenvalue weighted by molar-refractivity contribution is 14.0. The average molecular weight is 431 g/mol. The van der Waals surface area contributed by atoms with Crippen LogP contribution < -0.4 is 15.8 Å². The van der Waals surface area contributed by atoms with E-state index < -0.39 is 0 Å². The molecule has 0 aliphatic carbocycles. The predicted octanol–water partition coefficient (Wildman–Crippen LogP) is 3.06. The number of thiophene rings is 1. The van der Waals surface area contributed by atoms with Crippen LogP contribution in [0.1, 0.15) is 10.4 Å². The Morgan fingerprint density at radius 2 is 2.14 bits per heavy atom. The number of nitrogens with zero attached hydrogens (tertiary/aromatic N) is 1. The molecule has 0 saturated heterocycles. The normalized spacial score (nSPS) is 10.9. The summed E-state index contributed by atoms with van der Waals surface area (Å²) in [6, 6.07) is 12.2. The molecule has 120 valence electrons. The molecule has 0 bridgehead atoms. The Morgan fingerprint density at radius 3 is 2.86 bits per heavy atom. The number of rotatable bonds is 7.